The van der Waals surface area contributed by atoms with Crippen molar-refractivity contribution < 1.29 is 4.79 Å². The maximum atomic E-state index is 12.2. The summed E-state index contributed by atoms with van der Waals surface area (Å²) in [5.41, 5.74) is 1.50. The number of carbonyl (C=O) groups is 1. The van der Waals surface area contributed by atoms with Gasteiger partial charge in [-0.25, -0.2) is 0 Å². The van der Waals surface area contributed by atoms with Crippen LogP contribution in [0.4, 0.5) is 0 Å². The van der Waals surface area contributed by atoms with E-state index in [-0.39, 0.29) is 5.91 Å². The number of carbonyl (C=O) groups excluding carboxylic acids is 1. The Bertz CT molecular complexity index is 620. The monoisotopic (exact) mass is 315 g/mol. The minimum Gasteiger partial charge on any atom is -0.352 e. The van der Waals surface area contributed by atoms with Gasteiger partial charge in [0.15, 0.2) is 5.82 Å². The molecule has 0 fully saturated rings. The Balaban J connectivity index is 1.94. The minimum absolute atomic E-state index is 0.0278. The van der Waals surface area contributed by atoms with Crippen molar-refractivity contribution in [2.45, 2.75) is 46.5 Å². The van der Waals surface area contributed by atoms with Crippen LogP contribution in [0.5, 0.6) is 0 Å². The van der Waals surface area contributed by atoms with Crippen LogP contribution in [0.25, 0.3) is 5.69 Å². The summed E-state index contributed by atoms with van der Waals surface area (Å²) in [7, 11) is 0. The quantitative estimate of drug-likeness (QED) is 0.813. The number of hydrogen-bond donors (Lipinski definition) is 1. The number of tetrazole rings is 1. The zero-order valence-electron chi connectivity index (χ0n) is 14.1. The molecule has 1 aromatic heterocycles. The van der Waals surface area contributed by atoms with E-state index in [1.54, 1.807) is 16.8 Å². The van der Waals surface area contributed by atoms with Crippen LogP contribution in [-0.2, 0) is 0 Å². The number of amides is 1. The Morgan fingerprint density at radius 3 is 2.57 bits per heavy atom. The summed E-state index contributed by atoms with van der Waals surface area (Å²) in [5, 5.41) is 14.4. The van der Waals surface area contributed by atoms with E-state index in [1.807, 2.05) is 19.1 Å². The highest BCUT2D eigenvalue weighted by Gasteiger charge is 2.11. The Kier molecular flexibility index (Phi) is 6.26. The van der Waals surface area contributed by atoms with Crippen molar-refractivity contribution in [3.63, 3.8) is 0 Å². The Morgan fingerprint density at radius 1 is 1.26 bits per heavy atom. The first-order valence-corrected chi connectivity index (χ1v) is 8.29. The van der Waals surface area contributed by atoms with Gasteiger partial charge in [-0.15, -0.1) is 5.10 Å². The lowest BCUT2D eigenvalue weighted by molar-refractivity contribution is 0.0946. The van der Waals surface area contributed by atoms with Gasteiger partial charge in [0.1, 0.15) is 0 Å². The van der Waals surface area contributed by atoms with Crippen molar-refractivity contribution in [3.8, 4) is 5.69 Å². The molecule has 2 rings (SSSR count). The third kappa shape index (κ3) is 4.61. The predicted molar refractivity (Wildman–Crippen MR) is 89.5 cm³/mol. The van der Waals surface area contributed by atoms with Crippen LogP contribution in [0.3, 0.4) is 0 Å². The molecule has 0 spiro atoms. The second-order valence-electron chi connectivity index (χ2n) is 5.81. The first-order valence-electron chi connectivity index (χ1n) is 8.29. The van der Waals surface area contributed by atoms with Gasteiger partial charge in [0.05, 0.1) is 5.69 Å². The number of benzene rings is 1. The molecule has 1 heterocycles. The number of unbranched alkanes of at least 4 members (excludes halogenated alkanes) is 1. The highest BCUT2D eigenvalue weighted by atomic mass is 16.1. The molecule has 2 aromatic rings. The second kappa shape index (κ2) is 8.41. The first kappa shape index (κ1) is 17.1. The molecule has 6 heteroatoms. The smallest absolute Gasteiger partial charge is 0.251 e. The van der Waals surface area contributed by atoms with Crippen molar-refractivity contribution in [2.24, 2.45) is 5.92 Å². The summed E-state index contributed by atoms with van der Waals surface area (Å²) in [4.78, 5) is 12.2. The third-order valence-electron chi connectivity index (χ3n) is 4.09. The number of nitrogens with one attached hydrogen (secondary N) is 1. The molecule has 0 bridgehead atoms. The summed E-state index contributed by atoms with van der Waals surface area (Å²) in [5.74, 6) is 1.24. The fourth-order valence-corrected chi connectivity index (χ4v) is 2.51. The van der Waals surface area contributed by atoms with E-state index < -0.39 is 0 Å². The van der Waals surface area contributed by atoms with E-state index in [9.17, 15) is 4.79 Å². The van der Waals surface area contributed by atoms with Gasteiger partial charge < -0.3 is 5.32 Å². The zero-order chi connectivity index (χ0) is 16.7. The second-order valence-corrected chi connectivity index (χ2v) is 5.81. The van der Waals surface area contributed by atoms with Crippen LogP contribution >= 0.6 is 0 Å². The molecule has 0 aliphatic rings. The number of hydrogen-bond acceptors (Lipinski definition) is 4. The zero-order valence-corrected chi connectivity index (χ0v) is 14.1. The number of rotatable bonds is 8. The van der Waals surface area contributed by atoms with Gasteiger partial charge in [-0.3, -0.25) is 4.79 Å². The molecule has 1 aromatic carbocycles. The van der Waals surface area contributed by atoms with E-state index in [2.05, 4.69) is 34.7 Å². The maximum absolute atomic E-state index is 12.2. The lowest BCUT2D eigenvalue weighted by atomic mass is 9.99. The Hall–Kier alpha value is -2.24. The van der Waals surface area contributed by atoms with Crippen LogP contribution in [0.1, 0.15) is 55.7 Å². The van der Waals surface area contributed by atoms with Gasteiger partial charge in [0, 0.05) is 12.1 Å². The molecule has 6 nitrogen and oxygen atoms in total. The minimum atomic E-state index is -0.0278. The van der Waals surface area contributed by atoms with Gasteiger partial charge in [0.25, 0.3) is 5.91 Å². The van der Waals surface area contributed by atoms with Gasteiger partial charge in [-0.2, -0.15) is 4.68 Å². The largest absolute Gasteiger partial charge is 0.352 e. The lowest BCUT2D eigenvalue weighted by Crippen LogP contribution is -2.29. The molecule has 1 amide bonds. The van der Waals surface area contributed by atoms with Crippen molar-refractivity contribution in [2.75, 3.05) is 6.54 Å². The molecule has 124 valence electrons. The average Bonchev–Trinajstić information content (AvgIpc) is 3.01. The number of aromatic nitrogens is 4. The fraction of sp³-hybridized carbons (Fsp3) is 0.529. The van der Waals surface area contributed by atoms with Crippen LogP contribution in [0.15, 0.2) is 24.3 Å². The lowest BCUT2D eigenvalue weighted by Gasteiger charge is -2.15. The highest BCUT2D eigenvalue weighted by Crippen LogP contribution is 2.13. The normalized spacial score (nSPS) is 12.1. The van der Waals surface area contributed by atoms with Crippen LogP contribution < -0.4 is 5.32 Å². The van der Waals surface area contributed by atoms with Crippen molar-refractivity contribution in [1.82, 2.24) is 25.5 Å². The molecular formula is C17H25N5O. The maximum Gasteiger partial charge on any atom is 0.251 e. The van der Waals surface area contributed by atoms with Gasteiger partial charge >= 0.3 is 0 Å². The number of nitrogens with zero attached hydrogens (tertiary/aromatic N) is 4. The Labute approximate surface area is 137 Å². The van der Waals surface area contributed by atoms with Gasteiger partial charge in [0.2, 0.25) is 0 Å². The molecule has 1 N–H and O–H groups in total. The molecule has 0 aliphatic heterocycles. The van der Waals surface area contributed by atoms with E-state index >= 15 is 0 Å². The van der Waals surface area contributed by atoms with E-state index in [0.717, 1.165) is 18.7 Å². The van der Waals surface area contributed by atoms with Crippen LogP contribution in [-0.4, -0.2) is 32.7 Å². The van der Waals surface area contributed by atoms with E-state index in [0.29, 0.717) is 17.3 Å². The molecule has 1 atom stereocenters. The van der Waals surface area contributed by atoms with Crippen LogP contribution in [0.2, 0.25) is 0 Å². The van der Waals surface area contributed by atoms with Crippen molar-refractivity contribution >= 4 is 5.91 Å². The molecular weight excluding hydrogens is 290 g/mol. The summed E-state index contributed by atoms with van der Waals surface area (Å²) < 4.78 is 1.64. The first-order chi connectivity index (χ1) is 11.2. The Morgan fingerprint density at radius 2 is 2.00 bits per heavy atom. The number of aryl methyl sites for hydroxylation is 1. The molecule has 0 unspecified atom stereocenters. The third-order valence-corrected chi connectivity index (χ3v) is 4.09. The van der Waals surface area contributed by atoms with Gasteiger partial charge in [-0.05, 0) is 54.0 Å². The molecule has 0 aliphatic carbocycles. The van der Waals surface area contributed by atoms with Crippen LogP contribution in [0, 0.1) is 12.8 Å². The molecule has 0 radical (unpaired) electrons. The van der Waals surface area contributed by atoms with E-state index in [1.165, 1.54) is 19.3 Å². The fourth-order valence-electron chi connectivity index (χ4n) is 2.51. The summed E-state index contributed by atoms with van der Waals surface area (Å²) in [6.07, 6.45) is 4.68. The van der Waals surface area contributed by atoms with Crippen molar-refractivity contribution in [3.05, 3.63) is 35.7 Å². The predicted octanol–water partition coefficient (Wildman–Crippen LogP) is 2.92. The standard InChI is InChI=1S/C17H25N5O/c1-4-6-7-14(5-2)12-18-17(23)15-8-10-16(11-9-15)22-13(3)19-20-21-22/h8-11,14H,4-7,12H2,1-3H3,(H,18,23)/t14-/m1/s1. The summed E-state index contributed by atoms with van der Waals surface area (Å²) in [6, 6.07) is 7.32. The molecule has 0 saturated heterocycles. The average molecular weight is 315 g/mol. The molecule has 0 saturated carbocycles. The molecule has 23 heavy (non-hydrogen) atoms. The van der Waals surface area contributed by atoms with E-state index in [4.69, 9.17) is 0 Å². The highest BCUT2D eigenvalue weighted by molar-refractivity contribution is 5.94. The topological polar surface area (TPSA) is 72.7 Å². The van der Waals surface area contributed by atoms with Crippen molar-refractivity contribution in [1.29, 1.82) is 0 Å². The van der Waals surface area contributed by atoms with Gasteiger partial charge in [-0.1, -0.05) is 33.1 Å². The summed E-state index contributed by atoms with van der Waals surface area (Å²) >= 11 is 0. The summed E-state index contributed by atoms with van der Waals surface area (Å²) in [6.45, 7) is 6.94. The SMILES string of the molecule is CCCC[C@@H](CC)CNC(=O)c1ccc(-n2nnnc2C)cc1.